The Balaban J connectivity index is 1.95. The highest BCUT2D eigenvalue weighted by atomic mass is 16.5. The molecule has 0 fully saturated rings. The molecule has 0 aliphatic heterocycles. The molecule has 2 rings (SSSR count). The van der Waals surface area contributed by atoms with E-state index in [1.54, 1.807) is 0 Å². The van der Waals surface area contributed by atoms with Crippen molar-refractivity contribution in [2.24, 2.45) is 0 Å². The van der Waals surface area contributed by atoms with Crippen LogP contribution in [0.3, 0.4) is 0 Å². The second-order valence-corrected chi connectivity index (χ2v) is 5.88. The molecule has 0 saturated carbocycles. The van der Waals surface area contributed by atoms with Crippen LogP contribution in [0, 0.1) is 0 Å². The van der Waals surface area contributed by atoms with E-state index in [-0.39, 0.29) is 0 Å². The van der Waals surface area contributed by atoms with E-state index in [4.69, 9.17) is 9.47 Å². The zero-order valence-electron chi connectivity index (χ0n) is 14.4. The van der Waals surface area contributed by atoms with Crippen LogP contribution < -0.4 is 20.4 Å². The van der Waals surface area contributed by atoms with E-state index >= 15 is 0 Å². The Morgan fingerprint density at radius 2 is 1.22 bits per heavy atom. The van der Waals surface area contributed by atoms with Crippen LogP contribution in [0.25, 0.3) is 0 Å². The monoisotopic (exact) mass is 310 g/mol. The van der Waals surface area contributed by atoms with Gasteiger partial charge in [-0.25, -0.2) is 0 Å². The van der Waals surface area contributed by atoms with Gasteiger partial charge in [0, 0.05) is 0 Å². The summed E-state index contributed by atoms with van der Waals surface area (Å²) in [6.45, 7) is 5.94. The van der Waals surface area contributed by atoms with Crippen LogP contribution >= 0.6 is 0 Å². The van der Waals surface area contributed by atoms with Gasteiger partial charge in [0.1, 0.15) is 11.5 Å². The number of hydrogen-bond acceptors (Lipinski definition) is 2. The second-order valence-electron chi connectivity index (χ2n) is 5.88. The van der Waals surface area contributed by atoms with E-state index in [2.05, 4.69) is 50.2 Å². The molecule has 0 bridgehead atoms. The van der Waals surface area contributed by atoms with Crippen LogP contribution in [0.1, 0.15) is 39.5 Å². The van der Waals surface area contributed by atoms with E-state index in [0.29, 0.717) is 0 Å². The zero-order chi connectivity index (χ0) is 16.3. The van der Waals surface area contributed by atoms with Gasteiger partial charge in [-0.05, 0) is 37.1 Å². The Kier molecular flexibility index (Phi) is 7.58. The van der Waals surface area contributed by atoms with Gasteiger partial charge >= 0.3 is 0 Å². The molecule has 122 valence electrons. The third-order valence-electron chi connectivity index (χ3n) is 3.74. The average molecular weight is 310 g/mol. The first kappa shape index (κ1) is 17.5. The Morgan fingerprint density at radius 3 is 1.65 bits per heavy atom. The molecule has 0 aliphatic rings. The first-order chi connectivity index (χ1) is 11.3. The van der Waals surface area contributed by atoms with Gasteiger partial charge in [0.05, 0.1) is 13.2 Å². The molecule has 0 saturated heterocycles. The summed E-state index contributed by atoms with van der Waals surface area (Å²) >= 11 is 0. The fourth-order valence-corrected chi connectivity index (χ4v) is 2.39. The van der Waals surface area contributed by atoms with Crippen molar-refractivity contribution in [3.05, 3.63) is 48.5 Å². The second kappa shape index (κ2) is 9.99. The first-order valence-corrected chi connectivity index (χ1v) is 8.75. The number of unbranched alkanes of at least 4 members (excludes halogenated alkanes) is 2. The molecule has 2 aromatic carbocycles. The number of rotatable bonds is 10. The lowest BCUT2D eigenvalue weighted by Gasteiger charge is -2.09. The number of ether oxygens (including phenoxy) is 2. The summed E-state index contributed by atoms with van der Waals surface area (Å²) in [7, 11) is 0.899. The van der Waals surface area contributed by atoms with Crippen molar-refractivity contribution in [1.29, 1.82) is 0 Å². The third-order valence-corrected chi connectivity index (χ3v) is 3.74. The molecule has 0 radical (unpaired) electrons. The van der Waals surface area contributed by atoms with E-state index < -0.39 is 0 Å². The molecule has 2 nitrogen and oxygen atoms in total. The zero-order valence-corrected chi connectivity index (χ0v) is 14.4. The van der Waals surface area contributed by atoms with Crippen molar-refractivity contribution in [1.82, 2.24) is 0 Å². The molecule has 0 unspecified atom stereocenters. The van der Waals surface area contributed by atoms with Crippen LogP contribution in [0.2, 0.25) is 0 Å². The first-order valence-electron chi connectivity index (χ1n) is 8.75. The molecular weight excluding hydrogens is 283 g/mol. The normalized spacial score (nSPS) is 10.3. The summed E-state index contributed by atoms with van der Waals surface area (Å²) in [6.07, 6.45) is 4.51. The Morgan fingerprint density at radius 1 is 0.739 bits per heavy atom. The SMILES string of the molecule is CCCCOc1cccc(Bc2cccc(OCCCC)c2)c1. The molecule has 0 aliphatic carbocycles. The minimum atomic E-state index is 0.792. The number of benzene rings is 2. The lowest BCUT2D eigenvalue weighted by molar-refractivity contribution is 0.309. The summed E-state index contributed by atoms with van der Waals surface area (Å²) in [4.78, 5) is 0. The largest absolute Gasteiger partial charge is 0.494 e. The highest BCUT2D eigenvalue weighted by Gasteiger charge is 2.03. The summed E-state index contributed by atoms with van der Waals surface area (Å²) in [5.41, 5.74) is 2.54. The van der Waals surface area contributed by atoms with Gasteiger partial charge in [-0.3, -0.25) is 0 Å². The Bertz CT molecular complexity index is 532. The van der Waals surface area contributed by atoms with E-state index in [1.807, 2.05) is 12.1 Å². The molecular formula is C20H27BO2. The fraction of sp³-hybridized carbons (Fsp3) is 0.400. The van der Waals surface area contributed by atoms with Gasteiger partial charge in [0.2, 0.25) is 0 Å². The van der Waals surface area contributed by atoms with Crippen LogP contribution in [0.4, 0.5) is 0 Å². The molecule has 0 spiro atoms. The lowest BCUT2D eigenvalue weighted by Crippen LogP contribution is -2.27. The maximum absolute atomic E-state index is 5.79. The topological polar surface area (TPSA) is 18.5 Å². The van der Waals surface area contributed by atoms with Crippen LogP contribution in [0.15, 0.2) is 48.5 Å². The summed E-state index contributed by atoms with van der Waals surface area (Å²) in [6, 6.07) is 16.8. The maximum Gasteiger partial charge on any atom is 0.192 e. The molecule has 0 aromatic heterocycles. The maximum atomic E-state index is 5.79. The number of hydrogen-bond donors (Lipinski definition) is 0. The molecule has 0 atom stereocenters. The quantitative estimate of drug-likeness (QED) is 0.494. The minimum absolute atomic E-state index is 0.792. The van der Waals surface area contributed by atoms with Crippen molar-refractivity contribution in [2.75, 3.05) is 13.2 Å². The molecule has 3 heteroatoms. The Labute approximate surface area is 141 Å². The highest BCUT2D eigenvalue weighted by molar-refractivity contribution is 6.67. The van der Waals surface area contributed by atoms with Gasteiger partial charge in [-0.1, -0.05) is 61.9 Å². The molecule has 2 aromatic rings. The van der Waals surface area contributed by atoms with E-state index in [0.717, 1.165) is 57.7 Å². The summed E-state index contributed by atoms with van der Waals surface area (Å²) in [5.74, 6) is 1.93. The smallest absolute Gasteiger partial charge is 0.192 e. The fourth-order valence-electron chi connectivity index (χ4n) is 2.39. The average Bonchev–Trinajstić information content (AvgIpc) is 2.56. The minimum Gasteiger partial charge on any atom is -0.494 e. The Hall–Kier alpha value is -1.90. The van der Waals surface area contributed by atoms with Crippen molar-refractivity contribution >= 4 is 18.2 Å². The third kappa shape index (κ3) is 6.39. The molecule has 0 N–H and O–H groups in total. The van der Waals surface area contributed by atoms with Crippen LogP contribution in [-0.4, -0.2) is 20.5 Å². The van der Waals surface area contributed by atoms with Gasteiger partial charge in [-0.15, -0.1) is 0 Å². The van der Waals surface area contributed by atoms with Crippen LogP contribution in [0.5, 0.6) is 11.5 Å². The van der Waals surface area contributed by atoms with Crippen molar-refractivity contribution in [3.63, 3.8) is 0 Å². The molecule has 23 heavy (non-hydrogen) atoms. The van der Waals surface area contributed by atoms with E-state index in [1.165, 1.54) is 10.9 Å². The van der Waals surface area contributed by atoms with Gasteiger partial charge < -0.3 is 9.47 Å². The lowest BCUT2D eigenvalue weighted by atomic mass is 9.64. The summed E-state index contributed by atoms with van der Waals surface area (Å²) in [5, 5.41) is 0. The van der Waals surface area contributed by atoms with Crippen molar-refractivity contribution in [2.45, 2.75) is 39.5 Å². The highest BCUT2D eigenvalue weighted by Crippen LogP contribution is 2.10. The van der Waals surface area contributed by atoms with E-state index in [9.17, 15) is 0 Å². The standard InChI is InChI=1S/C20H27BO2/c1-3-5-13-22-19-11-7-9-17(15-19)21-18-10-8-12-20(16-18)23-14-6-4-2/h7-12,15-16,21H,3-6,13-14H2,1-2H3. The predicted octanol–water partition coefficient (Wildman–Crippen LogP) is 3.43. The van der Waals surface area contributed by atoms with Crippen molar-refractivity contribution < 1.29 is 9.47 Å². The van der Waals surface area contributed by atoms with Gasteiger partial charge in [0.25, 0.3) is 0 Å². The predicted molar refractivity (Wildman–Crippen MR) is 100 cm³/mol. The molecule has 0 heterocycles. The van der Waals surface area contributed by atoms with Crippen LogP contribution in [-0.2, 0) is 0 Å². The van der Waals surface area contributed by atoms with Gasteiger partial charge in [0.15, 0.2) is 7.28 Å². The van der Waals surface area contributed by atoms with Gasteiger partial charge in [-0.2, -0.15) is 0 Å². The summed E-state index contributed by atoms with van der Waals surface area (Å²) < 4.78 is 11.6. The molecule has 0 amide bonds. The van der Waals surface area contributed by atoms with Crippen molar-refractivity contribution in [3.8, 4) is 11.5 Å².